The number of rotatable bonds is 4. The highest BCUT2D eigenvalue weighted by molar-refractivity contribution is 7.60. The Labute approximate surface area is 93.0 Å². The molecule has 0 aromatic heterocycles. The number of halogens is 3. The van der Waals surface area contributed by atoms with E-state index in [0.29, 0.717) is 0 Å². The molecule has 3 N–H and O–H groups in total. The normalized spacial score (nSPS) is 15.9. The summed E-state index contributed by atoms with van der Waals surface area (Å²) in [5.74, 6) is 0. The van der Waals surface area contributed by atoms with Crippen LogP contribution >= 0.6 is 50.4 Å². The van der Waals surface area contributed by atoms with Gasteiger partial charge in [-0.25, -0.2) is 9.13 Å². The van der Waals surface area contributed by atoms with Gasteiger partial charge < -0.3 is 14.3 Å². The van der Waals surface area contributed by atoms with Crippen LogP contribution in [0.25, 0.3) is 0 Å². The van der Waals surface area contributed by atoms with E-state index in [2.05, 4.69) is 8.83 Å². The van der Waals surface area contributed by atoms with Crippen LogP contribution in [0.2, 0.25) is 0 Å². The smallest absolute Gasteiger partial charge is 0.389 e. The van der Waals surface area contributed by atoms with Crippen LogP contribution in [0.15, 0.2) is 9.71 Å². The van der Waals surface area contributed by atoms with E-state index >= 15 is 0 Å². The third-order valence-corrected chi connectivity index (χ3v) is 3.55. The molecule has 0 aliphatic rings. The van der Waals surface area contributed by atoms with Crippen molar-refractivity contribution < 1.29 is 32.6 Å². The highest BCUT2D eigenvalue weighted by Crippen LogP contribution is 2.59. The maximum atomic E-state index is 10.7. The Hall–Kier alpha value is 0.710. The van der Waals surface area contributed by atoms with Crippen LogP contribution in [0.3, 0.4) is 0 Å². The molecule has 0 radical (unpaired) electrons. The van der Waals surface area contributed by atoms with Crippen molar-refractivity contribution >= 4 is 50.4 Å². The lowest BCUT2D eigenvalue weighted by Crippen LogP contribution is -1.91. The van der Waals surface area contributed by atoms with E-state index in [1.54, 1.807) is 0 Å². The molecule has 0 amide bonds. The molecule has 1 atom stereocenters. The van der Waals surface area contributed by atoms with Crippen LogP contribution < -0.4 is 0 Å². The van der Waals surface area contributed by atoms with E-state index in [-0.39, 0.29) is 0 Å². The molecular formula is C2H3Cl3O7P2. The summed E-state index contributed by atoms with van der Waals surface area (Å²) in [4.78, 5) is 25.0. The standard InChI is InChI=1S/C2H3Cl3O7P2/c3-1(4)2(5)11-14(9,10)12-13(6,7)8/h(H,9,10)(H2,6,7,8). The quantitative estimate of drug-likeness (QED) is 0.538. The largest absolute Gasteiger partial charge is 0.537 e. The van der Waals surface area contributed by atoms with E-state index < -0.39 is 25.4 Å². The maximum absolute atomic E-state index is 10.7. The van der Waals surface area contributed by atoms with Gasteiger partial charge >= 0.3 is 15.6 Å². The summed E-state index contributed by atoms with van der Waals surface area (Å²) in [5, 5.41) is -0.924. The molecule has 0 aliphatic carbocycles. The molecular weight excluding hydrogens is 304 g/mol. The minimum Gasteiger partial charge on any atom is -0.389 e. The Kier molecular flexibility index (Phi) is 5.43. The topological polar surface area (TPSA) is 113 Å². The average molecular weight is 307 g/mol. The Morgan fingerprint density at radius 2 is 1.50 bits per heavy atom. The Bertz CT molecular complexity index is 328. The monoisotopic (exact) mass is 306 g/mol. The first kappa shape index (κ1) is 14.7. The van der Waals surface area contributed by atoms with Gasteiger partial charge in [0.15, 0.2) is 4.49 Å². The number of hydrogen-bond donors (Lipinski definition) is 3. The molecule has 84 valence electrons. The Morgan fingerprint density at radius 1 is 1.07 bits per heavy atom. The second-order valence-electron chi connectivity index (χ2n) is 1.67. The number of phosphoric ester groups is 1. The second kappa shape index (κ2) is 5.16. The van der Waals surface area contributed by atoms with Crippen molar-refractivity contribution in [1.82, 2.24) is 0 Å². The Balaban J connectivity index is 4.61. The van der Waals surface area contributed by atoms with Gasteiger partial charge in [0.1, 0.15) is 0 Å². The van der Waals surface area contributed by atoms with Crippen LogP contribution in [-0.2, 0) is 18.0 Å². The summed E-state index contributed by atoms with van der Waals surface area (Å²) in [6.07, 6.45) is 0. The van der Waals surface area contributed by atoms with Crippen molar-refractivity contribution in [2.75, 3.05) is 0 Å². The van der Waals surface area contributed by atoms with E-state index in [9.17, 15) is 9.13 Å². The molecule has 0 rings (SSSR count). The zero-order valence-corrected chi connectivity index (χ0v) is 10.1. The number of hydrogen-bond acceptors (Lipinski definition) is 4. The van der Waals surface area contributed by atoms with Crippen molar-refractivity contribution in [3.63, 3.8) is 0 Å². The third kappa shape index (κ3) is 7.06. The highest BCUT2D eigenvalue weighted by Gasteiger charge is 2.34. The van der Waals surface area contributed by atoms with Gasteiger partial charge in [0.2, 0.25) is 5.22 Å². The maximum Gasteiger partial charge on any atom is 0.537 e. The molecule has 0 aromatic carbocycles. The molecule has 1 unspecified atom stereocenters. The third-order valence-electron chi connectivity index (χ3n) is 0.554. The van der Waals surface area contributed by atoms with Gasteiger partial charge in [0.25, 0.3) is 0 Å². The first-order valence-electron chi connectivity index (χ1n) is 2.53. The second-order valence-corrected chi connectivity index (χ2v) is 5.71. The van der Waals surface area contributed by atoms with E-state index in [4.69, 9.17) is 49.5 Å². The van der Waals surface area contributed by atoms with Gasteiger partial charge in [-0.15, -0.1) is 0 Å². The van der Waals surface area contributed by atoms with E-state index in [1.165, 1.54) is 0 Å². The van der Waals surface area contributed by atoms with Gasteiger partial charge in [0, 0.05) is 0 Å². The van der Waals surface area contributed by atoms with Gasteiger partial charge in [-0.05, 0) is 11.6 Å². The molecule has 0 bridgehead atoms. The minimum absolute atomic E-state index is 0.699. The molecule has 7 nitrogen and oxygen atoms in total. The lowest BCUT2D eigenvalue weighted by atomic mass is 11.1. The molecule has 0 heterocycles. The zero-order chi connectivity index (χ0) is 11.6. The van der Waals surface area contributed by atoms with Crippen molar-refractivity contribution in [2.24, 2.45) is 0 Å². The van der Waals surface area contributed by atoms with Crippen LogP contribution in [-0.4, -0.2) is 14.7 Å². The fourth-order valence-corrected chi connectivity index (χ4v) is 2.24. The molecule has 12 heteroatoms. The SMILES string of the molecule is O=P(O)(O)OP(=O)(O)OC(Cl)=C(Cl)Cl. The van der Waals surface area contributed by atoms with E-state index in [0.717, 1.165) is 0 Å². The first-order valence-corrected chi connectivity index (χ1v) is 6.69. The summed E-state index contributed by atoms with van der Waals surface area (Å²) in [6, 6.07) is 0. The minimum atomic E-state index is -5.18. The zero-order valence-electron chi connectivity index (χ0n) is 6.00. The highest BCUT2D eigenvalue weighted by atomic mass is 35.5. The van der Waals surface area contributed by atoms with Crippen molar-refractivity contribution in [3.05, 3.63) is 9.71 Å². The molecule has 0 saturated carbocycles. The number of phosphoric acid groups is 2. The lowest BCUT2D eigenvalue weighted by Gasteiger charge is -2.11. The van der Waals surface area contributed by atoms with Gasteiger partial charge in [-0.2, -0.15) is 4.31 Å². The predicted molar refractivity (Wildman–Crippen MR) is 48.6 cm³/mol. The van der Waals surface area contributed by atoms with Crippen LogP contribution in [0.1, 0.15) is 0 Å². The van der Waals surface area contributed by atoms with Gasteiger partial charge in [-0.3, -0.25) is 4.89 Å². The molecule has 0 aromatic rings. The molecule has 0 aliphatic heterocycles. The fraction of sp³-hybridized carbons (Fsp3) is 0. The molecule has 14 heavy (non-hydrogen) atoms. The van der Waals surface area contributed by atoms with Crippen LogP contribution in [0.4, 0.5) is 0 Å². The van der Waals surface area contributed by atoms with Gasteiger partial charge in [-0.1, -0.05) is 23.2 Å². The predicted octanol–water partition coefficient (Wildman–Crippen LogP) is 2.06. The molecule has 0 fully saturated rings. The van der Waals surface area contributed by atoms with Crippen molar-refractivity contribution in [2.45, 2.75) is 0 Å². The first-order chi connectivity index (χ1) is 6.03. The van der Waals surface area contributed by atoms with E-state index in [1.807, 2.05) is 0 Å². The lowest BCUT2D eigenvalue weighted by molar-refractivity contribution is 0.214. The summed E-state index contributed by atoms with van der Waals surface area (Å²) < 4.78 is 27.4. The fourth-order valence-electron chi connectivity index (χ4n) is 0.287. The molecule has 0 spiro atoms. The average Bonchev–Trinajstić information content (AvgIpc) is 1.78. The van der Waals surface area contributed by atoms with Crippen LogP contribution in [0, 0.1) is 0 Å². The van der Waals surface area contributed by atoms with Crippen molar-refractivity contribution in [1.29, 1.82) is 0 Å². The van der Waals surface area contributed by atoms with Crippen molar-refractivity contribution in [3.8, 4) is 0 Å². The summed E-state index contributed by atoms with van der Waals surface area (Å²) in [6.45, 7) is 0. The summed E-state index contributed by atoms with van der Waals surface area (Å²) in [7, 11) is -10.2. The van der Waals surface area contributed by atoms with Crippen LogP contribution in [0.5, 0.6) is 0 Å². The van der Waals surface area contributed by atoms with Gasteiger partial charge in [0.05, 0.1) is 0 Å². The Morgan fingerprint density at radius 3 is 1.79 bits per heavy atom. The molecule has 0 saturated heterocycles. The summed E-state index contributed by atoms with van der Waals surface area (Å²) >= 11 is 15.1. The summed E-state index contributed by atoms with van der Waals surface area (Å²) in [5.41, 5.74) is 0.